The molecule has 0 radical (unpaired) electrons. The number of nitrogens with zero attached hydrogens (tertiary/aromatic N) is 2. The monoisotopic (exact) mass is 135 g/mol. The molecule has 52 valence electrons. The summed E-state index contributed by atoms with van der Waals surface area (Å²) in [6.45, 7) is 0. The molecule has 0 fully saturated rings. The van der Waals surface area contributed by atoms with E-state index in [-0.39, 0.29) is 0 Å². The van der Waals surface area contributed by atoms with Gasteiger partial charge >= 0.3 is 0 Å². The molecular weight excluding hydrogens is 124 g/mol. The summed E-state index contributed by atoms with van der Waals surface area (Å²) in [5, 5.41) is 4.37. The lowest BCUT2D eigenvalue weighted by Gasteiger charge is -1.90. The zero-order valence-corrected chi connectivity index (χ0v) is 6.17. The minimum Gasteiger partial charge on any atom is -0.0938 e. The molecule has 0 saturated heterocycles. The third kappa shape index (κ3) is 0.801. The molecule has 0 spiro atoms. The van der Waals surface area contributed by atoms with E-state index in [2.05, 4.69) is 11.2 Å². The summed E-state index contributed by atoms with van der Waals surface area (Å²) >= 11 is 0. The predicted molar refractivity (Wildman–Crippen MR) is 37.4 cm³/mol. The van der Waals surface area contributed by atoms with Gasteiger partial charge in [0.2, 0.25) is 0 Å². The molecule has 0 atom stereocenters. The van der Waals surface area contributed by atoms with Crippen LogP contribution in [0.2, 0.25) is 0 Å². The number of aromatic nitrogens is 2. The van der Waals surface area contributed by atoms with E-state index in [0.717, 1.165) is 0 Å². The van der Waals surface area contributed by atoms with Crippen molar-refractivity contribution in [1.82, 2.24) is 5.10 Å². The quantitative estimate of drug-likeness (QED) is 0.470. The van der Waals surface area contributed by atoms with E-state index in [0.29, 0.717) is 0 Å². The van der Waals surface area contributed by atoms with Crippen LogP contribution in [0.15, 0.2) is 12.3 Å². The predicted octanol–water partition coefficient (Wildman–Crippen LogP) is 0.395. The Morgan fingerprint density at radius 2 is 2.40 bits per heavy atom. The van der Waals surface area contributed by atoms with Gasteiger partial charge in [0, 0.05) is 6.07 Å². The van der Waals surface area contributed by atoms with Crippen LogP contribution in [0.25, 0.3) is 0 Å². The second kappa shape index (κ2) is 2.04. The van der Waals surface area contributed by atoms with Crippen LogP contribution in [0.4, 0.5) is 0 Å². The Morgan fingerprint density at radius 3 is 3.30 bits per heavy atom. The van der Waals surface area contributed by atoms with Crippen LogP contribution in [0, 0.1) is 0 Å². The Labute approximate surface area is 60.5 Å². The highest BCUT2D eigenvalue weighted by Gasteiger charge is 2.14. The SMILES string of the molecule is C[n+]1ccc2c(n1)CCC2. The Morgan fingerprint density at radius 1 is 1.50 bits per heavy atom. The molecule has 1 aromatic heterocycles. The van der Waals surface area contributed by atoms with Crippen molar-refractivity contribution in [2.45, 2.75) is 19.3 Å². The van der Waals surface area contributed by atoms with Crippen molar-refractivity contribution in [2.75, 3.05) is 0 Å². The van der Waals surface area contributed by atoms with E-state index in [1.165, 1.54) is 30.5 Å². The summed E-state index contributed by atoms with van der Waals surface area (Å²) in [7, 11) is 1.97. The maximum atomic E-state index is 4.37. The van der Waals surface area contributed by atoms with Gasteiger partial charge in [-0.25, -0.2) is 0 Å². The number of fused-ring (bicyclic) bond motifs is 1. The molecule has 0 N–H and O–H groups in total. The molecule has 1 aliphatic rings. The number of hydrogen-bond acceptors (Lipinski definition) is 1. The van der Waals surface area contributed by atoms with E-state index in [1.54, 1.807) is 0 Å². The van der Waals surface area contributed by atoms with Crippen LogP contribution in [-0.4, -0.2) is 5.10 Å². The Bertz CT molecular complexity index is 255. The third-order valence-corrected chi connectivity index (χ3v) is 2.00. The van der Waals surface area contributed by atoms with E-state index >= 15 is 0 Å². The highest BCUT2D eigenvalue weighted by molar-refractivity contribution is 5.20. The van der Waals surface area contributed by atoms with Crippen LogP contribution in [0.5, 0.6) is 0 Å². The Hall–Kier alpha value is -0.920. The molecule has 0 amide bonds. The number of hydrogen-bond donors (Lipinski definition) is 0. The van der Waals surface area contributed by atoms with Crippen molar-refractivity contribution in [3.63, 3.8) is 0 Å². The Kier molecular flexibility index (Phi) is 1.19. The zero-order chi connectivity index (χ0) is 6.97. The minimum atomic E-state index is 1.17. The van der Waals surface area contributed by atoms with Gasteiger partial charge in [0.05, 0.1) is 0 Å². The van der Waals surface area contributed by atoms with Gasteiger partial charge in [0.25, 0.3) is 0 Å². The first-order chi connectivity index (χ1) is 4.86. The van der Waals surface area contributed by atoms with Gasteiger partial charge in [-0.2, -0.15) is 0 Å². The van der Waals surface area contributed by atoms with Crippen LogP contribution in [0.1, 0.15) is 17.7 Å². The van der Waals surface area contributed by atoms with Gasteiger partial charge in [0.15, 0.2) is 13.2 Å². The lowest BCUT2D eigenvalue weighted by atomic mass is 10.2. The molecule has 0 saturated carbocycles. The van der Waals surface area contributed by atoms with Crippen molar-refractivity contribution in [3.8, 4) is 0 Å². The van der Waals surface area contributed by atoms with Crippen LogP contribution < -0.4 is 4.68 Å². The second-order valence-corrected chi connectivity index (χ2v) is 2.81. The van der Waals surface area contributed by atoms with Crippen LogP contribution in [0.3, 0.4) is 0 Å². The number of rotatable bonds is 0. The molecule has 1 aromatic rings. The molecule has 1 heterocycles. The highest BCUT2D eigenvalue weighted by atomic mass is 15.2. The molecular formula is C8H11N2+. The summed E-state index contributed by atoms with van der Waals surface area (Å²) in [5.41, 5.74) is 2.74. The molecule has 2 heteroatoms. The zero-order valence-electron chi connectivity index (χ0n) is 6.17. The van der Waals surface area contributed by atoms with Crippen molar-refractivity contribution in [3.05, 3.63) is 23.5 Å². The molecule has 0 bridgehead atoms. The van der Waals surface area contributed by atoms with E-state index in [1.807, 2.05) is 17.9 Å². The molecule has 1 aliphatic carbocycles. The summed E-state index contributed by atoms with van der Waals surface area (Å²) in [4.78, 5) is 0. The molecule has 0 aromatic carbocycles. The largest absolute Gasteiger partial charge is 0.196 e. The van der Waals surface area contributed by atoms with Crippen molar-refractivity contribution in [1.29, 1.82) is 0 Å². The number of aryl methyl sites for hydroxylation is 3. The van der Waals surface area contributed by atoms with Gasteiger partial charge in [-0.05, 0) is 29.9 Å². The molecule has 0 aliphatic heterocycles. The average molecular weight is 135 g/mol. The molecule has 2 nitrogen and oxygen atoms in total. The van der Waals surface area contributed by atoms with Crippen molar-refractivity contribution >= 4 is 0 Å². The fourth-order valence-corrected chi connectivity index (χ4v) is 1.47. The molecule has 2 rings (SSSR count). The highest BCUT2D eigenvalue weighted by Crippen LogP contribution is 2.16. The van der Waals surface area contributed by atoms with Gasteiger partial charge < -0.3 is 0 Å². The van der Waals surface area contributed by atoms with Crippen LogP contribution >= 0.6 is 0 Å². The maximum absolute atomic E-state index is 4.37. The van der Waals surface area contributed by atoms with E-state index in [4.69, 9.17) is 0 Å². The maximum Gasteiger partial charge on any atom is 0.196 e. The average Bonchev–Trinajstić information content (AvgIpc) is 2.33. The lowest BCUT2D eigenvalue weighted by Crippen LogP contribution is -2.33. The third-order valence-electron chi connectivity index (χ3n) is 2.00. The topological polar surface area (TPSA) is 16.8 Å². The van der Waals surface area contributed by atoms with E-state index in [9.17, 15) is 0 Å². The van der Waals surface area contributed by atoms with Crippen LogP contribution in [-0.2, 0) is 19.9 Å². The smallest absolute Gasteiger partial charge is 0.0938 e. The summed E-state index contributed by atoms with van der Waals surface area (Å²) in [6, 6.07) is 2.18. The molecule has 0 unspecified atom stereocenters. The summed E-state index contributed by atoms with van der Waals surface area (Å²) in [5.74, 6) is 0. The van der Waals surface area contributed by atoms with Gasteiger partial charge in [0.1, 0.15) is 5.69 Å². The lowest BCUT2D eigenvalue weighted by molar-refractivity contribution is -0.731. The second-order valence-electron chi connectivity index (χ2n) is 2.81. The summed E-state index contributed by atoms with van der Waals surface area (Å²) in [6.07, 6.45) is 5.70. The van der Waals surface area contributed by atoms with Gasteiger partial charge in [-0.1, -0.05) is 4.68 Å². The fraction of sp³-hybridized carbons (Fsp3) is 0.500. The molecule has 10 heavy (non-hydrogen) atoms. The first kappa shape index (κ1) is 5.83. The first-order valence-corrected chi connectivity index (χ1v) is 3.71. The Balaban J connectivity index is 2.52. The van der Waals surface area contributed by atoms with Gasteiger partial charge in [-0.15, -0.1) is 0 Å². The minimum absolute atomic E-state index is 1.17. The standard InChI is InChI=1S/C8H11N2/c1-10-6-5-7-3-2-4-8(7)9-10/h5-6H,2-4H2,1H3/q+1. The van der Waals surface area contributed by atoms with Crippen molar-refractivity contribution < 1.29 is 4.68 Å². The van der Waals surface area contributed by atoms with E-state index < -0.39 is 0 Å². The van der Waals surface area contributed by atoms with Gasteiger partial charge in [-0.3, -0.25) is 0 Å². The van der Waals surface area contributed by atoms with Crippen molar-refractivity contribution in [2.24, 2.45) is 7.05 Å². The first-order valence-electron chi connectivity index (χ1n) is 3.71. The fourth-order valence-electron chi connectivity index (χ4n) is 1.47. The normalized spacial score (nSPS) is 15.3. The summed E-state index contributed by atoms with van der Waals surface area (Å²) < 4.78 is 1.88.